The Bertz CT molecular complexity index is 719. The Morgan fingerprint density at radius 2 is 2.08 bits per heavy atom. The van der Waals surface area contributed by atoms with Crippen LogP contribution in [0.4, 0.5) is 0 Å². The van der Waals surface area contributed by atoms with Crippen LogP contribution in [0.5, 0.6) is 0 Å². The van der Waals surface area contributed by atoms with Crippen molar-refractivity contribution in [3.8, 4) is 0 Å². The summed E-state index contributed by atoms with van der Waals surface area (Å²) in [6, 6.07) is 0.0672. The largest absolute Gasteiger partial charge is 0.465 e. The van der Waals surface area contributed by atoms with Crippen LogP contribution in [0.2, 0.25) is 0 Å². The molecule has 0 radical (unpaired) electrons. The molecule has 1 saturated carbocycles. The molecular formula is C15H23ClN2O4S2. The second-order valence-electron chi connectivity index (χ2n) is 6.41. The summed E-state index contributed by atoms with van der Waals surface area (Å²) in [5.74, 6) is -0.0527. The van der Waals surface area contributed by atoms with Crippen LogP contribution in [0, 0.1) is 18.8 Å². The molecule has 24 heavy (non-hydrogen) atoms. The smallest absolute Gasteiger partial charge is 0.349 e. The van der Waals surface area contributed by atoms with Crippen molar-refractivity contribution >= 4 is 39.7 Å². The Balaban J connectivity index is 0.00000208. The van der Waals surface area contributed by atoms with Gasteiger partial charge in [-0.2, -0.15) is 4.31 Å². The fraction of sp³-hybridized carbons (Fsp3) is 0.667. The van der Waals surface area contributed by atoms with Crippen LogP contribution in [-0.2, 0) is 14.8 Å². The van der Waals surface area contributed by atoms with Gasteiger partial charge in [-0.1, -0.05) is 6.42 Å². The van der Waals surface area contributed by atoms with Gasteiger partial charge in [-0.25, -0.2) is 13.2 Å². The van der Waals surface area contributed by atoms with Crippen molar-refractivity contribution in [2.45, 2.75) is 37.1 Å². The lowest BCUT2D eigenvalue weighted by molar-refractivity contribution is 0.0602. The van der Waals surface area contributed by atoms with Gasteiger partial charge in [-0.3, -0.25) is 0 Å². The number of hydrogen-bond donors (Lipinski definition) is 1. The van der Waals surface area contributed by atoms with Gasteiger partial charge in [0.05, 0.1) is 7.11 Å². The van der Waals surface area contributed by atoms with Gasteiger partial charge in [0.15, 0.2) is 0 Å². The van der Waals surface area contributed by atoms with Crippen molar-refractivity contribution in [3.05, 3.63) is 15.8 Å². The number of fused-ring (bicyclic) bond motifs is 1. The Kier molecular flexibility index (Phi) is 5.97. The van der Waals surface area contributed by atoms with E-state index in [2.05, 4.69) is 0 Å². The Hall–Kier alpha value is -0.670. The van der Waals surface area contributed by atoms with E-state index >= 15 is 0 Å². The lowest BCUT2D eigenvalue weighted by Gasteiger charge is -2.29. The predicted octanol–water partition coefficient (Wildman–Crippen LogP) is 2.01. The van der Waals surface area contributed by atoms with Gasteiger partial charge in [0.2, 0.25) is 10.0 Å². The van der Waals surface area contributed by atoms with Gasteiger partial charge >= 0.3 is 5.97 Å². The number of aryl methyl sites for hydroxylation is 1. The maximum Gasteiger partial charge on any atom is 0.349 e. The molecule has 1 aliphatic heterocycles. The summed E-state index contributed by atoms with van der Waals surface area (Å²) in [5.41, 5.74) is 6.77. The number of nitrogens with zero attached hydrogens (tertiary/aromatic N) is 1. The van der Waals surface area contributed by atoms with E-state index in [1.165, 1.54) is 11.4 Å². The number of hydrogen-bond acceptors (Lipinski definition) is 6. The summed E-state index contributed by atoms with van der Waals surface area (Å²) >= 11 is 1.12. The highest BCUT2D eigenvalue weighted by molar-refractivity contribution is 7.89. The van der Waals surface area contributed by atoms with Crippen LogP contribution < -0.4 is 5.73 Å². The Morgan fingerprint density at radius 1 is 1.38 bits per heavy atom. The zero-order chi connectivity index (χ0) is 16.8. The number of carbonyl (C=O) groups is 1. The molecule has 2 aliphatic rings. The number of nitrogens with two attached hydrogens (primary N) is 1. The molecule has 1 saturated heterocycles. The molecule has 3 atom stereocenters. The second kappa shape index (κ2) is 7.29. The molecule has 3 rings (SSSR count). The van der Waals surface area contributed by atoms with Gasteiger partial charge in [0, 0.05) is 19.1 Å². The third-order valence-electron chi connectivity index (χ3n) is 5.01. The Morgan fingerprint density at radius 3 is 2.71 bits per heavy atom. The minimum Gasteiger partial charge on any atom is -0.465 e. The first-order valence-corrected chi connectivity index (χ1v) is 10.1. The van der Waals surface area contributed by atoms with Crippen molar-refractivity contribution in [2.24, 2.45) is 17.6 Å². The van der Waals surface area contributed by atoms with E-state index in [1.807, 2.05) is 0 Å². The average Bonchev–Trinajstić information content (AvgIpc) is 3.11. The van der Waals surface area contributed by atoms with Crippen molar-refractivity contribution < 1.29 is 17.9 Å². The molecule has 2 heterocycles. The molecule has 1 aromatic heterocycles. The topological polar surface area (TPSA) is 89.7 Å². The first-order chi connectivity index (χ1) is 10.9. The molecule has 136 valence electrons. The number of methoxy groups -OCH3 is 1. The highest BCUT2D eigenvalue weighted by Gasteiger charge is 2.44. The number of rotatable bonds is 3. The van der Waals surface area contributed by atoms with Crippen molar-refractivity contribution in [1.29, 1.82) is 0 Å². The van der Waals surface area contributed by atoms with Gasteiger partial charge < -0.3 is 10.5 Å². The monoisotopic (exact) mass is 394 g/mol. The zero-order valence-corrected chi connectivity index (χ0v) is 16.2. The molecule has 9 heteroatoms. The summed E-state index contributed by atoms with van der Waals surface area (Å²) in [7, 11) is -2.44. The van der Waals surface area contributed by atoms with Crippen LogP contribution in [0.1, 0.15) is 34.5 Å². The normalized spacial score (nSPS) is 27.4. The average molecular weight is 395 g/mol. The molecule has 0 aromatic carbocycles. The van der Waals surface area contributed by atoms with Crippen molar-refractivity contribution in [3.63, 3.8) is 0 Å². The van der Waals surface area contributed by atoms with Gasteiger partial charge in [-0.15, -0.1) is 23.7 Å². The highest BCUT2D eigenvalue weighted by Crippen LogP contribution is 2.39. The van der Waals surface area contributed by atoms with Crippen LogP contribution in [0.3, 0.4) is 0 Å². The number of carbonyl (C=O) groups excluding carboxylic acids is 1. The molecule has 0 amide bonds. The third-order valence-corrected chi connectivity index (χ3v) is 8.23. The summed E-state index contributed by atoms with van der Waals surface area (Å²) < 4.78 is 32.4. The molecule has 0 bridgehead atoms. The van der Waals surface area contributed by atoms with Crippen molar-refractivity contribution in [1.82, 2.24) is 4.31 Å². The summed E-state index contributed by atoms with van der Waals surface area (Å²) in [6.45, 7) is 2.66. The minimum atomic E-state index is -3.71. The van der Waals surface area contributed by atoms with Gasteiger partial charge in [0.25, 0.3) is 0 Å². The standard InChI is InChI=1S/C15H22N2O4S2.ClH/c1-9-8-22-13(15(18)21-2)14(9)23(19,20)17-6-10-4-3-5-12(16)11(10)7-17;/h8,10-12H,3-7,16H2,1-2H3;1H. The summed E-state index contributed by atoms with van der Waals surface area (Å²) in [5, 5.41) is 1.69. The van der Waals surface area contributed by atoms with Crippen molar-refractivity contribution in [2.75, 3.05) is 20.2 Å². The zero-order valence-electron chi connectivity index (χ0n) is 13.7. The molecule has 6 nitrogen and oxygen atoms in total. The predicted molar refractivity (Wildman–Crippen MR) is 95.2 cm³/mol. The van der Waals surface area contributed by atoms with Crippen LogP contribution >= 0.6 is 23.7 Å². The van der Waals surface area contributed by atoms with E-state index in [9.17, 15) is 13.2 Å². The lowest BCUT2D eigenvalue weighted by Crippen LogP contribution is -2.38. The first-order valence-electron chi connectivity index (χ1n) is 7.78. The number of esters is 1. The molecular weight excluding hydrogens is 372 g/mol. The molecule has 1 aromatic rings. The summed E-state index contributed by atoms with van der Waals surface area (Å²) in [6.07, 6.45) is 3.04. The minimum absolute atomic E-state index is 0. The number of thiophene rings is 1. The fourth-order valence-corrected chi connectivity index (χ4v) is 6.98. The van der Waals surface area contributed by atoms with Gasteiger partial charge in [-0.05, 0) is 42.5 Å². The molecule has 0 spiro atoms. The maximum absolute atomic E-state index is 13.1. The maximum atomic E-state index is 13.1. The highest BCUT2D eigenvalue weighted by atomic mass is 35.5. The van der Waals surface area contributed by atoms with E-state index in [0.29, 0.717) is 24.6 Å². The van der Waals surface area contributed by atoms with E-state index in [1.54, 1.807) is 12.3 Å². The fourth-order valence-electron chi connectivity index (χ4n) is 3.79. The van der Waals surface area contributed by atoms with Crippen LogP contribution in [0.15, 0.2) is 10.3 Å². The first kappa shape index (κ1) is 19.7. The van der Waals surface area contributed by atoms with Crippen LogP contribution in [-0.4, -0.2) is 44.9 Å². The second-order valence-corrected chi connectivity index (χ2v) is 9.16. The SMILES string of the molecule is COC(=O)c1scc(C)c1S(=O)(=O)N1CC2CCCC(N)C2C1.Cl. The van der Waals surface area contributed by atoms with E-state index < -0.39 is 16.0 Å². The third kappa shape index (κ3) is 3.22. The lowest BCUT2D eigenvalue weighted by atomic mass is 9.78. The molecule has 2 N–H and O–H groups in total. The van der Waals surface area contributed by atoms with E-state index in [4.69, 9.17) is 10.5 Å². The number of sulfonamides is 1. The number of ether oxygens (including phenoxy) is 1. The van der Waals surface area contributed by atoms with Gasteiger partial charge in [0.1, 0.15) is 9.77 Å². The Labute approximate surface area is 152 Å². The van der Waals surface area contributed by atoms with Crippen LogP contribution in [0.25, 0.3) is 0 Å². The quantitative estimate of drug-likeness (QED) is 0.792. The van der Waals surface area contributed by atoms with E-state index in [-0.39, 0.29) is 34.1 Å². The van der Waals surface area contributed by atoms with E-state index in [0.717, 1.165) is 30.6 Å². The summed E-state index contributed by atoms with van der Waals surface area (Å²) in [4.78, 5) is 12.2. The number of halogens is 1. The molecule has 2 fully saturated rings. The molecule has 3 unspecified atom stereocenters. The molecule has 1 aliphatic carbocycles.